The average Bonchev–Trinajstić information content (AvgIpc) is 2.45. The Morgan fingerprint density at radius 2 is 1.09 bits per heavy atom. The number of urea groups is 2. The molecule has 4 amide bonds. The van der Waals surface area contributed by atoms with E-state index < -0.39 is 12.1 Å². The van der Waals surface area contributed by atoms with Crippen LogP contribution in [0.3, 0.4) is 0 Å². The van der Waals surface area contributed by atoms with E-state index in [-0.39, 0.29) is 0 Å². The highest BCUT2D eigenvalue weighted by molar-refractivity contribution is 6.42. The maximum Gasteiger partial charge on any atom is 0.345 e. The van der Waals surface area contributed by atoms with Crippen molar-refractivity contribution in [1.29, 1.82) is 0 Å². The third-order valence-electron chi connectivity index (χ3n) is 3.61. The molecular formula is C16H16N4O2. The van der Waals surface area contributed by atoms with Crippen LogP contribution in [-0.4, -0.2) is 12.1 Å². The maximum atomic E-state index is 12.4. The Morgan fingerprint density at radius 1 is 0.727 bits per heavy atom. The van der Waals surface area contributed by atoms with Gasteiger partial charge in [0.15, 0.2) is 0 Å². The summed E-state index contributed by atoms with van der Waals surface area (Å²) in [6, 6.07) is 9.45. The topological polar surface area (TPSA) is 92.7 Å². The summed E-state index contributed by atoms with van der Waals surface area (Å²) in [5, 5.41) is 0. The first kappa shape index (κ1) is 13.9. The Kier molecular flexibility index (Phi) is 3.02. The van der Waals surface area contributed by atoms with Crippen LogP contribution in [0.2, 0.25) is 0 Å². The lowest BCUT2D eigenvalue weighted by molar-refractivity contribution is 0.226. The van der Waals surface area contributed by atoms with Crippen molar-refractivity contribution in [2.75, 3.05) is 21.3 Å². The van der Waals surface area contributed by atoms with E-state index in [0.717, 1.165) is 20.9 Å². The van der Waals surface area contributed by atoms with Crippen LogP contribution in [0.4, 0.5) is 32.3 Å². The molecule has 6 nitrogen and oxygen atoms in total. The highest BCUT2D eigenvalue weighted by Gasteiger charge is 2.47. The third kappa shape index (κ3) is 1.96. The number of nitrogens with zero attached hydrogens (tertiary/aromatic N) is 2. The molecule has 3 rings (SSSR count). The van der Waals surface area contributed by atoms with E-state index in [1.807, 2.05) is 13.8 Å². The summed E-state index contributed by atoms with van der Waals surface area (Å²) in [7, 11) is 0. The van der Waals surface area contributed by atoms with Gasteiger partial charge in [-0.1, -0.05) is 12.1 Å². The van der Waals surface area contributed by atoms with Crippen LogP contribution in [0.25, 0.3) is 0 Å². The zero-order valence-electron chi connectivity index (χ0n) is 12.3. The van der Waals surface area contributed by atoms with Crippen LogP contribution >= 0.6 is 0 Å². The fourth-order valence-electron chi connectivity index (χ4n) is 2.49. The number of hydrogen-bond donors (Lipinski definition) is 2. The lowest BCUT2D eigenvalue weighted by atomic mass is 10.1. The molecule has 0 spiro atoms. The van der Waals surface area contributed by atoms with E-state index in [4.69, 9.17) is 11.5 Å². The van der Waals surface area contributed by atoms with Gasteiger partial charge in [-0.2, -0.15) is 0 Å². The number of carbonyl (C=O) groups is 2. The number of nitrogen functional groups attached to an aromatic ring is 2. The molecular weight excluding hydrogens is 280 g/mol. The molecule has 22 heavy (non-hydrogen) atoms. The largest absolute Gasteiger partial charge is 0.397 e. The molecule has 1 aliphatic heterocycles. The van der Waals surface area contributed by atoms with Crippen LogP contribution in [-0.2, 0) is 0 Å². The van der Waals surface area contributed by atoms with Crippen LogP contribution in [0.15, 0.2) is 36.4 Å². The van der Waals surface area contributed by atoms with E-state index in [2.05, 4.69) is 0 Å². The summed E-state index contributed by atoms with van der Waals surface area (Å²) in [6.45, 7) is 3.78. The Balaban J connectivity index is 1.95. The zero-order chi connectivity index (χ0) is 16.0. The Bertz CT molecular complexity index is 721. The van der Waals surface area contributed by atoms with Crippen molar-refractivity contribution >= 4 is 34.8 Å². The van der Waals surface area contributed by atoms with E-state index in [0.29, 0.717) is 22.7 Å². The minimum absolute atomic E-state index is 0.387. The van der Waals surface area contributed by atoms with Crippen LogP contribution < -0.4 is 21.3 Å². The molecule has 0 unspecified atom stereocenters. The van der Waals surface area contributed by atoms with E-state index in [1.54, 1.807) is 36.4 Å². The Labute approximate surface area is 127 Å². The predicted molar refractivity (Wildman–Crippen MR) is 86.9 cm³/mol. The molecule has 1 heterocycles. The summed E-state index contributed by atoms with van der Waals surface area (Å²) >= 11 is 0. The molecule has 0 radical (unpaired) electrons. The first-order valence-electron chi connectivity index (χ1n) is 6.80. The minimum atomic E-state index is -0.462. The maximum absolute atomic E-state index is 12.4. The van der Waals surface area contributed by atoms with Gasteiger partial charge in [0.1, 0.15) is 0 Å². The van der Waals surface area contributed by atoms with Gasteiger partial charge >= 0.3 is 12.1 Å². The second-order valence-corrected chi connectivity index (χ2v) is 5.36. The zero-order valence-corrected chi connectivity index (χ0v) is 12.3. The number of benzene rings is 2. The van der Waals surface area contributed by atoms with Gasteiger partial charge in [-0.25, -0.2) is 19.4 Å². The summed E-state index contributed by atoms with van der Waals surface area (Å²) in [6.07, 6.45) is 0. The molecule has 1 saturated heterocycles. The van der Waals surface area contributed by atoms with Crippen molar-refractivity contribution in [3.05, 3.63) is 47.5 Å². The highest BCUT2D eigenvalue weighted by Crippen LogP contribution is 2.36. The van der Waals surface area contributed by atoms with Crippen molar-refractivity contribution < 1.29 is 9.59 Å². The monoisotopic (exact) mass is 296 g/mol. The molecule has 2 aromatic rings. The van der Waals surface area contributed by atoms with Crippen LogP contribution in [0.5, 0.6) is 0 Å². The van der Waals surface area contributed by atoms with Gasteiger partial charge in [0, 0.05) is 0 Å². The normalized spacial score (nSPS) is 14.3. The van der Waals surface area contributed by atoms with Gasteiger partial charge in [-0.05, 0) is 49.2 Å². The van der Waals surface area contributed by atoms with Gasteiger partial charge in [0.25, 0.3) is 0 Å². The Morgan fingerprint density at radius 3 is 1.41 bits per heavy atom. The van der Waals surface area contributed by atoms with Crippen LogP contribution in [0, 0.1) is 13.8 Å². The number of rotatable bonds is 2. The summed E-state index contributed by atoms with van der Waals surface area (Å²) < 4.78 is 0. The lowest BCUT2D eigenvalue weighted by Crippen LogP contribution is -2.65. The first-order chi connectivity index (χ1) is 10.4. The average molecular weight is 296 g/mol. The van der Waals surface area contributed by atoms with Gasteiger partial charge in [-0.3, -0.25) is 0 Å². The number of nitrogens with two attached hydrogens (primary N) is 2. The fourth-order valence-corrected chi connectivity index (χ4v) is 2.49. The third-order valence-corrected chi connectivity index (χ3v) is 3.61. The molecule has 0 aromatic heterocycles. The second-order valence-electron chi connectivity index (χ2n) is 5.36. The fraction of sp³-hybridized carbons (Fsp3) is 0.125. The number of aryl methyl sites for hydroxylation is 2. The minimum Gasteiger partial charge on any atom is -0.397 e. The van der Waals surface area contributed by atoms with Gasteiger partial charge in [0.2, 0.25) is 0 Å². The molecule has 1 fully saturated rings. The first-order valence-corrected chi connectivity index (χ1v) is 6.80. The molecule has 0 saturated carbocycles. The number of carbonyl (C=O) groups excluding carboxylic acids is 2. The number of amides is 4. The summed E-state index contributed by atoms with van der Waals surface area (Å²) in [5.41, 5.74) is 15.3. The van der Waals surface area contributed by atoms with Crippen LogP contribution in [0.1, 0.15) is 11.1 Å². The number of anilines is 4. The summed E-state index contributed by atoms with van der Waals surface area (Å²) in [4.78, 5) is 26.8. The van der Waals surface area contributed by atoms with Crippen molar-refractivity contribution in [2.24, 2.45) is 0 Å². The Hall–Kier alpha value is -3.02. The standard InChI is InChI=1S/C16H16N4O2/c1-9-3-5-13(11(17)7-9)19-15(21)20(16(19)22)14-6-4-10(2)8-12(14)18/h3-8H,17-18H2,1-2H3. The van der Waals surface area contributed by atoms with Gasteiger partial charge < -0.3 is 11.5 Å². The smallest absolute Gasteiger partial charge is 0.345 e. The van der Waals surface area contributed by atoms with Gasteiger partial charge in [0.05, 0.1) is 22.7 Å². The quantitative estimate of drug-likeness (QED) is 0.833. The SMILES string of the molecule is Cc1ccc(N2C(=O)N(c3ccc(C)cc3N)C2=O)c(N)c1. The van der Waals surface area contributed by atoms with Crippen molar-refractivity contribution in [2.45, 2.75) is 13.8 Å². The molecule has 2 aromatic carbocycles. The lowest BCUT2D eigenvalue weighted by Gasteiger charge is -2.39. The number of imide groups is 2. The van der Waals surface area contributed by atoms with Crippen molar-refractivity contribution in [3.63, 3.8) is 0 Å². The molecule has 0 aliphatic carbocycles. The number of hydrogen-bond acceptors (Lipinski definition) is 4. The van der Waals surface area contributed by atoms with Crippen molar-refractivity contribution in [3.8, 4) is 0 Å². The van der Waals surface area contributed by atoms with E-state index >= 15 is 0 Å². The van der Waals surface area contributed by atoms with Crippen molar-refractivity contribution in [1.82, 2.24) is 0 Å². The molecule has 1 aliphatic rings. The second kappa shape index (κ2) is 4.77. The molecule has 6 heteroatoms. The van der Waals surface area contributed by atoms with E-state index in [9.17, 15) is 9.59 Å². The molecule has 4 N–H and O–H groups in total. The molecule has 0 atom stereocenters. The highest BCUT2D eigenvalue weighted by atomic mass is 16.2. The van der Waals surface area contributed by atoms with E-state index in [1.165, 1.54) is 0 Å². The molecule has 0 bridgehead atoms. The molecule has 112 valence electrons. The predicted octanol–water partition coefficient (Wildman–Crippen LogP) is 3.03. The van der Waals surface area contributed by atoms with Gasteiger partial charge in [-0.15, -0.1) is 0 Å². The summed E-state index contributed by atoms with van der Waals surface area (Å²) in [5.74, 6) is 0.